The largest absolute Gasteiger partial charge is 0.497 e. The fourth-order valence-electron chi connectivity index (χ4n) is 3.22. The van der Waals surface area contributed by atoms with Gasteiger partial charge in [-0.2, -0.15) is 0 Å². The molecule has 0 atom stereocenters. The first-order valence-corrected chi connectivity index (χ1v) is 11.0. The van der Waals surface area contributed by atoms with Gasteiger partial charge in [0.25, 0.3) is 0 Å². The summed E-state index contributed by atoms with van der Waals surface area (Å²) in [5.41, 5.74) is 5.13. The van der Waals surface area contributed by atoms with Crippen molar-refractivity contribution < 1.29 is 19.0 Å². The van der Waals surface area contributed by atoms with Gasteiger partial charge in [-0.05, 0) is 54.8 Å². The van der Waals surface area contributed by atoms with Crippen molar-refractivity contribution in [1.82, 2.24) is 10.4 Å². The van der Waals surface area contributed by atoms with Crippen LogP contribution < -0.4 is 30.8 Å². The zero-order chi connectivity index (χ0) is 22.9. The van der Waals surface area contributed by atoms with Crippen molar-refractivity contribution in [2.75, 3.05) is 33.2 Å². The molecule has 3 aromatic rings. The number of nitrogens with zero attached hydrogens (tertiary/aromatic N) is 1. The molecule has 0 aliphatic rings. The molecule has 0 spiro atoms. The molecule has 0 bridgehead atoms. The van der Waals surface area contributed by atoms with E-state index in [1.54, 1.807) is 32.7 Å². The number of carbonyl (C=O) groups excluding carboxylic acids is 1. The van der Waals surface area contributed by atoms with Gasteiger partial charge in [0, 0.05) is 23.4 Å². The van der Waals surface area contributed by atoms with Crippen LogP contribution in [0.1, 0.15) is 16.9 Å². The molecule has 170 valence electrons. The fraction of sp³-hybridized carbons (Fsp3) is 0.304. The van der Waals surface area contributed by atoms with Crippen molar-refractivity contribution in [3.63, 3.8) is 0 Å². The minimum absolute atomic E-state index is 0.206. The number of aryl methyl sites for hydroxylation is 1. The van der Waals surface area contributed by atoms with Crippen molar-refractivity contribution in [2.45, 2.75) is 19.3 Å². The summed E-state index contributed by atoms with van der Waals surface area (Å²) in [6.07, 6.45) is 1.65. The molecule has 9 heteroatoms. The Hall–Kier alpha value is -3.30. The maximum atomic E-state index is 11.6. The highest BCUT2D eigenvalue weighted by Crippen LogP contribution is 2.33. The molecule has 0 saturated heterocycles. The van der Waals surface area contributed by atoms with E-state index in [4.69, 9.17) is 25.0 Å². The van der Waals surface area contributed by atoms with Gasteiger partial charge in [-0.1, -0.05) is 6.07 Å². The molecule has 0 fully saturated rings. The normalized spacial score (nSPS) is 10.5. The number of hydrogen-bond acceptors (Lipinski definition) is 8. The summed E-state index contributed by atoms with van der Waals surface area (Å²) in [5, 5.41) is 4.20. The molecule has 0 saturated carbocycles. The van der Waals surface area contributed by atoms with Gasteiger partial charge in [-0.3, -0.25) is 10.2 Å². The van der Waals surface area contributed by atoms with Gasteiger partial charge in [-0.15, -0.1) is 11.3 Å². The Morgan fingerprint density at radius 3 is 2.41 bits per heavy atom. The summed E-state index contributed by atoms with van der Waals surface area (Å²) < 4.78 is 15.9. The molecule has 32 heavy (non-hydrogen) atoms. The third kappa shape index (κ3) is 5.89. The average molecular weight is 457 g/mol. The maximum absolute atomic E-state index is 11.6. The highest BCUT2D eigenvalue weighted by atomic mass is 32.1. The number of hydrogen-bond donors (Lipinski definition) is 3. The Morgan fingerprint density at radius 1 is 1.00 bits per heavy atom. The predicted molar refractivity (Wildman–Crippen MR) is 126 cm³/mol. The highest BCUT2D eigenvalue weighted by molar-refractivity contribution is 7.16. The summed E-state index contributed by atoms with van der Waals surface area (Å²) in [4.78, 5) is 17.5. The molecule has 0 unspecified atom stereocenters. The van der Waals surface area contributed by atoms with Gasteiger partial charge in [-0.25, -0.2) is 10.8 Å². The smallest absolute Gasteiger partial charge is 0.234 e. The second kappa shape index (κ2) is 11.4. The molecule has 1 heterocycles. The molecule has 0 aliphatic heterocycles. The molecule has 0 radical (unpaired) electrons. The van der Waals surface area contributed by atoms with Crippen LogP contribution >= 0.6 is 11.3 Å². The number of benzene rings is 2. The molecule has 4 N–H and O–H groups in total. The fourth-order valence-corrected chi connectivity index (χ4v) is 4.23. The second-order valence-corrected chi connectivity index (χ2v) is 8.04. The molecule has 2 aromatic carbocycles. The number of aromatic nitrogens is 1. The van der Waals surface area contributed by atoms with Crippen LogP contribution in [0.15, 0.2) is 42.5 Å². The summed E-state index contributed by atoms with van der Waals surface area (Å²) in [6.45, 7) is 0.702. The molecular formula is C23H28N4O4S. The van der Waals surface area contributed by atoms with Crippen LogP contribution in [0.5, 0.6) is 17.2 Å². The quantitative estimate of drug-likeness (QED) is 0.231. The molecule has 1 amide bonds. The molecule has 3 rings (SSSR count). The van der Waals surface area contributed by atoms with E-state index in [0.29, 0.717) is 30.9 Å². The van der Waals surface area contributed by atoms with Gasteiger partial charge in [0.1, 0.15) is 5.75 Å². The van der Waals surface area contributed by atoms with E-state index in [2.05, 4.69) is 10.7 Å². The van der Waals surface area contributed by atoms with Crippen molar-refractivity contribution in [3.05, 3.63) is 52.9 Å². The first-order chi connectivity index (χ1) is 15.6. The SMILES string of the molecule is COc1ccc(-c2nc(NCCc3ccc(OC)c(OC)c3)sc2CCC(=O)NN)cc1. The number of rotatable bonds is 11. The molecule has 8 nitrogen and oxygen atoms in total. The van der Waals surface area contributed by atoms with Crippen molar-refractivity contribution in [1.29, 1.82) is 0 Å². The Bertz CT molecular complexity index is 1040. The van der Waals surface area contributed by atoms with Crippen molar-refractivity contribution in [3.8, 4) is 28.5 Å². The number of carbonyl (C=O) groups is 1. The van der Waals surface area contributed by atoms with Crippen LogP contribution in [0.2, 0.25) is 0 Å². The number of anilines is 1. The third-order valence-electron chi connectivity index (χ3n) is 4.94. The zero-order valence-corrected chi connectivity index (χ0v) is 19.3. The van der Waals surface area contributed by atoms with E-state index >= 15 is 0 Å². The second-order valence-electron chi connectivity index (χ2n) is 6.95. The topological polar surface area (TPSA) is 108 Å². The number of hydrazine groups is 1. The highest BCUT2D eigenvalue weighted by Gasteiger charge is 2.15. The first-order valence-electron chi connectivity index (χ1n) is 10.2. The first kappa shape index (κ1) is 23.4. The van der Waals surface area contributed by atoms with Crippen LogP contribution in [-0.4, -0.2) is 38.8 Å². The summed E-state index contributed by atoms with van der Waals surface area (Å²) in [7, 11) is 4.88. The van der Waals surface area contributed by atoms with E-state index in [-0.39, 0.29) is 5.91 Å². The predicted octanol–water partition coefficient (Wildman–Crippen LogP) is 3.41. The van der Waals surface area contributed by atoms with Gasteiger partial charge in [0.05, 0.1) is 27.0 Å². The van der Waals surface area contributed by atoms with E-state index < -0.39 is 0 Å². The van der Waals surface area contributed by atoms with E-state index in [1.165, 1.54) is 0 Å². The average Bonchev–Trinajstić information content (AvgIpc) is 3.25. The summed E-state index contributed by atoms with van der Waals surface area (Å²) in [5.74, 6) is 7.22. The monoisotopic (exact) mass is 456 g/mol. The van der Waals surface area contributed by atoms with Crippen molar-refractivity contribution in [2.24, 2.45) is 5.84 Å². The van der Waals surface area contributed by atoms with Crippen LogP contribution in [-0.2, 0) is 17.6 Å². The van der Waals surface area contributed by atoms with Gasteiger partial charge in [0.15, 0.2) is 16.6 Å². The van der Waals surface area contributed by atoms with Gasteiger partial charge in [0.2, 0.25) is 5.91 Å². The Balaban J connectivity index is 1.73. The van der Waals surface area contributed by atoms with E-state index in [9.17, 15) is 4.79 Å². The lowest BCUT2D eigenvalue weighted by molar-refractivity contribution is -0.121. The molecular weight excluding hydrogens is 428 g/mol. The number of amides is 1. The number of ether oxygens (including phenoxy) is 3. The van der Waals surface area contributed by atoms with Crippen LogP contribution in [0.25, 0.3) is 11.3 Å². The number of methoxy groups -OCH3 is 3. The van der Waals surface area contributed by atoms with E-state index in [0.717, 1.165) is 39.0 Å². The third-order valence-corrected chi connectivity index (χ3v) is 6.01. The molecule has 0 aliphatic carbocycles. The minimum atomic E-state index is -0.206. The van der Waals surface area contributed by atoms with Gasteiger partial charge < -0.3 is 19.5 Å². The number of nitrogens with one attached hydrogen (secondary N) is 2. The summed E-state index contributed by atoms with van der Waals surface area (Å²) in [6, 6.07) is 13.6. The van der Waals surface area contributed by atoms with Crippen LogP contribution in [0, 0.1) is 0 Å². The Labute approximate surface area is 191 Å². The Kier molecular flexibility index (Phi) is 8.29. The zero-order valence-electron chi connectivity index (χ0n) is 18.4. The minimum Gasteiger partial charge on any atom is -0.497 e. The van der Waals surface area contributed by atoms with Crippen molar-refractivity contribution >= 4 is 22.4 Å². The lowest BCUT2D eigenvalue weighted by Crippen LogP contribution is -2.30. The lowest BCUT2D eigenvalue weighted by atomic mass is 10.1. The van der Waals surface area contributed by atoms with Gasteiger partial charge >= 0.3 is 0 Å². The Morgan fingerprint density at radius 2 is 1.75 bits per heavy atom. The number of thiazole rings is 1. The maximum Gasteiger partial charge on any atom is 0.234 e. The van der Waals surface area contributed by atoms with Crippen LogP contribution in [0.4, 0.5) is 5.13 Å². The van der Waals surface area contributed by atoms with E-state index in [1.807, 2.05) is 42.5 Å². The lowest BCUT2D eigenvalue weighted by Gasteiger charge is -2.09. The molecule has 1 aromatic heterocycles. The number of nitrogens with two attached hydrogens (primary N) is 1. The van der Waals surface area contributed by atoms with Crippen LogP contribution in [0.3, 0.4) is 0 Å². The summed E-state index contributed by atoms with van der Waals surface area (Å²) >= 11 is 1.55. The standard InChI is InChI=1S/C23H28N4O4S/c1-29-17-7-5-16(6-8-17)22-20(10-11-21(28)27-24)32-23(26-22)25-13-12-15-4-9-18(30-2)19(14-15)31-3/h4-9,14H,10-13,24H2,1-3H3,(H,25,26)(H,27,28).